The van der Waals surface area contributed by atoms with Crippen LogP contribution in [0, 0.1) is 0 Å². The van der Waals surface area contributed by atoms with Crippen molar-refractivity contribution in [2.24, 2.45) is 5.73 Å². The molecule has 2 N–H and O–H groups in total. The molecule has 1 aromatic carbocycles. The first-order valence-electron chi connectivity index (χ1n) is 7.48. The largest absolute Gasteiger partial charge is 0.423 e. The van der Waals surface area contributed by atoms with Gasteiger partial charge < -0.3 is 10.2 Å². The van der Waals surface area contributed by atoms with Crippen LogP contribution in [0.5, 0.6) is 0 Å². The summed E-state index contributed by atoms with van der Waals surface area (Å²) in [5.74, 6) is 1.71. The summed E-state index contributed by atoms with van der Waals surface area (Å²) in [5, 5.41) is 8.39. The maximum absolute atomic E-state index is 6.19. The Bertz CT molecular complexity index is 530. The lowest BCUT2D eigenvalue weighted by molar-refractivity contribution is 0.386. The van der Waals surface area contributed by atoms with Crippen LogP contribution in [0.4, 0.5) is 0 Å². The molecule has 1 aromatic heterocycles. The summed E-state index contributed by atoms with van der Waals surface area (Å²) >= 11 is 0. The van der Waals surface area contributed by atoms with Gasteiger partial charge in [0.15, 0.2) is 0 Å². The topological polar surface area (TPSA) is 64.9 Å². The highest BCUT2D eigenvalue weighted by atomic mass is 16.4. The maximum Gasteiger partial charge on any atom is 0.237 e. The Morgan fingerprint density at radius 3 is 2.40 bits per heavy atom. The van der Waals surface area contributed by atoms with Crippen molar-refractivity contribution in [3.05, 3.63) is 47.7 Å². The van der Waals surface area contributed by atoms with Crippen molar-refractivity contribution in [2.45, 2.75) is 50.5 Å². The third kappa shape index (κ3) is 2.90. The molecule has 0 radical (unpaired) electrons. The first kappa shape index (κ1) is 13.3. The number of nitrogens with two attached hydrogens (primary N) is 1. The zero-order valence-corrected chi connectivity index (χ0v) is 11.7. The van der Waals surface area contributed by atoms with E-state index >= 15 is 0 Å². The summed E-state index contributed by atoms with van der Waals surface area (Å²) in [7, 11) is 0. The summed E-state index contributed by atoms with van der Waals surface area (Å²) < 4.78 is 5.85. The van der Waals surface area contributed by atoms with E-state index in [1.165, 1.54) is 25.7 Å². The molecule has 4 nitrogen and oxygen atoms in total. The van der Waals surface area contributed by atoms with Crippen LogP contribution in [0.25, 0.3) is 0 Å². The highest BCUT2D eigenvalue weighted by molar-refractivity contribution is 5.22. The molecule has 0 spiro atoms. The van der Waals surface area contributed by atoms with Crippen molar-refractivity contribution in [3.8, 4) is 0 Å². The van der Waals surface area contributed by atoms with Crippen molar-refractivity contribution in [1.82, 2.24) is 10.2 Å². The molecule has 20 heavy (non-hydrogen) atoms. The minimum absolute atomic E-state index is 0.330. The Kier molecular flexibility index (Phi) is 4.11. The molecular weight excluding hydrogens is 250 g/mol. The SMILES string of the molecule is NC(c1ccccc1)c1nnc(C2CCCCCC2)o1. The van der Waals surface area contributed by atoms with Crippen molar-refractivity contribution in [2.75, 3.05) is 0 Å². The monoisotopic (exact) mass is 271 g/mol. The van der Waals surface area contributed by atoms with Gasteiger partial charge in [-0.1, -0.05) is 56.0 Å². The van der Waals surface area contributed by atoms with Crippen LogP contribution >= 0.6 is 0 Å². The van der Waals surface area contributed by atoms with E-state index in [0.29, 0.717) is 11.8 Å². The molecule has 4 heteroatoms. The Morgan fingerprint density at radius 2 is 1.70 bits per heavy atom. The maximum atomic E-state index is 6.19. The fourth-order valence-corrected chi connectivity index (χ4v) is 2.87. The zero-order valence-electron chi connectivity index (χ0n) is 11.7. The molecule has 1 saturated carbocycles. The van der Waals surface area contributed by atoms with Gasteiger partial charge in [0.2, 0.25) is 11.8 Å². The summed E-state index contributed by atoms with van der Waals surface area (Å²) in [6.45, 7) is 0. The molecule has 1 unspecified atom stereocenters. The van der Waals surface area contributed by atoms with Gasteiger partial charge in [0.05, 0.1) is 0 Å². The zero-order chi connectivity index (χ0) is 13.8. The van der Waals surface area contributed by atoms with Gasteiger partial charge in [-0.15, -0.1) is 10.2 Å². The van der Waals surface area contributed by atoms with Crippen molar-refractivity contribution in [1.29, 1.82) is 0 Å². The quantitative estimate of drug-likeness (QED) is 0.867. The van der Waals surface area contributed by atoms with Crippen LogP contribution in [0.15, 0.2) is 34.7 Å². The first-order valence-corrected chi connectivity index (χ1v) is 7.48. The second-order valence-electron chi connectivity index (χ2n) is 5.56. The molecule has 1 aliphatic carbocycles. The molecule has 1 atom stereocenters. The molecular formula is C16H21N3O. The highest BCUT2D eigenvalue weighted by Gasteiger charge is 2.22. The molecule has 0 amide bonds. The van der Waals surface area contributed by atoms with Gasteiger partial charge in [-0.2, -0.15) is 0 Å². The minimum Gasteiger partial charge on any atom is -0.423 e. The Labute approximate surface area is 119 Å². The molecule has 2 aromatic rings. The number of hydrogen-bond acceptors (Lipinski definition) is 4. The van der Waals surface area contributed by atoms with Gasteiger partial charge in [-0.05, 0) is 18.4 Å². The average molecular weight is 271 g/mol. The van der Waals surface area contributed by atoms with Gasteiger partial charge >= 0.3 is 0 Å². The Balaban J connectivity index is 1.76. The fourth-order valence-electron chi connectivity index (χ4n) is 2.87. The van der Waals surface area contributed by atoms with Crippen molar-refractivity contribution < 1.29 is 4.42 Å². The predicted octanol–water partition coefficient (Wildman–Crippen LogP) is 3.56. The molecule has 1 heterocycles. The summed E-state index contributed by atoms with van der Waals surface area (Å²) in [5.41, 5.74) is 7.20. The van der Waals surface area contributed by atoms with Gasteiger partial charge in [0.1, 0.15) is 6.04 Å². The highest BCUT2D eigenvalue weighted by Crippen LogP contribution is 2.31. The number of aromatic nitrogens is 2. The normalized spacial score (nSPS) is 18.6. The molecule has 0 saturated heterocycles. The van der Waals surface area contributed by atoms with Crippen LogP contribution in [-0.2, 0) is 0 Å². The van der Waals surface area contributed by atoms with E-state index in [1.807, 2.05) is 30.3 Å². The van der Waals surface area contributed by atoms with Crippen molar-refractivity contribution in [3.63, 3.8) is 0 Å². The van der Waals surface area contributed by atoms with E-state index in [1.54, 1.807) is 0 Å². The van der Waals surface area contributed by atoms with Crippen molar-refractivity contribution >= 4 is 0 Å². The standard InChI is InChI=1S/C16H21N3O/c17-14(12-8-6-3-7-9-12)16-19-18-15(20-16)13-10-4-1-2-5-11-13/h3,6-9,13-14H,1-2,4-5,10-11,17H2. The predicted molar refractivity (Wildman–Crippen MR) is 77.2 cm³/mol. The van der Waals surface area contributed by atoms with E-state index < -0.39 is 0 Å². The first-order chi connectivity index (χ1) is 9.84. The average Bonchev–Trinajstić information content (AvgIpc) is 2.83. The van der Waals surface area contributed by atoms with Crippen LogP contribution in [-0.4, -0.2) is 10.2 Å². The van der Waals surface area contributed by atoms with Crippen LogP contribution in [0.1, 0.15) is 67.8 Å². The summed E-state index contributed by atoms with van der Waals surface area (Å²) in [6.07, 6.45) is 7.46. The third-order valence-corrected chi connectivity index (χ3v) is 4.09. The van der Waals surface area contributed by atoms with E-state index in [0.717, 1.165) is 24.3 Å². The van der Waals surface area contributed by atoms with E-state index in [2.05, 4.69) is 10.2 Å². The lowest BCUT2D eigenvalue weighted by Gasteiger charge is -2.09. The number of hydrogen-bond donors (Lipinski definition) is 1. The molecule has 106 valence electrons. The Morgan fingerprint density at radius 1 is 1.00 bits per heavy atom. The summed E-state index contributed by atoms with van der Waals surface area (Å²) in [6, 6.07) is 9.56. The second kappa shape index (κ2) is 6.18. The van der Waals surface area contributed by atoms with Gasteiger partial charge in [-0.25, -0.2) is 0 Å². The molecule has 3 rings (SSSR count). The van der Waals surface area contributed by atoms with Gasteiger partial charge in [0.25, 0.3) is 0 Å². The van der Waals surface area contributed by atoms with E-state index in [9.17, 15) is 0 Å². The van der Waals surface area contributed by atoms with Gasteiger partial charge in [-0.3, -0.25) is 0 Å². The van der Waals surface area contributed by atoms with Crippen LogP contribution in [0.2, 0.25) is 0 Å². The number of benzene rings is 1. The lowest BCUT2D eigenvalue weighted by atomic mass is 10.0. The summed E-state index contributed by atoms with van der Waals surface area (Å²) in [4.78, 5) is 0. The molecule has 1 aliphatic rings. The smallest absolute Gasteiger partial charge is 0.237 e. The lowest BCUT2D eigenvalue weighted by Crippen LogP contribution is -2.12. The molecule has 0 bridgehead atoms. The second-order valence-corrected chi connectivity index (χ2v) is 5.56. The van der Waals surface area contributed by atoms with Crippen LogP contribution in [0.3, 0.4) is 0 Å². The molecule has 0 aliphatic heterocycles. The van der Waals surface area contributed by atoms with E-state index in [-0.39, 0.29) is 6.04 Å². The molecule has 1 fully saturated rings. The Hall–Kier alpha value is -1.68. The van der Waals surface area contributed by atoms with Gasteiger partial charge in [0, 0.05) is 5.92 Å². The van der Waals surface area contributed by atoms with Crippen LogP contribution < -0.4 is 5.73 Å². The third-order valence-electron chi connectivity index (χ3n) is 4.09. The fraction of sp³-hybridized carbons (Fsp3) is 0.500. The van der Waals surface area contributed by atoms with E-state index in [4.69, 9.17) is 10.2 Å². The number of rotatable bonds is 3. The minimum atomic E-state index is -0.330. The number of nitrogens with zero attached hydrogens (tertiary/aromatic N) is 2.